The van der Waals surface area contributed by atoms with Gasteiger partial charge in [0, 0.05) is 17.3 Å². The normalized spacial score (nSPS) is 23.9. The Morgan fingerprint density at radius 3 is 2.17 bits per heavy atom. The second-order valence-corrected chi connectivity index (χ2v) is 4.42. The second-order valence-electron chi connectivity index (χ2n) is 3.41. The van der Waals surface area contributed by atoms with Gasteiger partial charge in [0.25, 0.3) is 0 Å². The first-order chi connectivity index (χ1) is 5.72. The van der Waals surface area contributed by atoms with E-state index in [1.165, 1.54) is 30.0 Å². The van der Waals surface area contributed by atoms with Gasteiger partial charge in [0.1, 0.15) is 0 Å². The van der Waals surface area contributed by atoms with Crippen LogP contribution in [0.25, 0.3) is 0 Å². The Hall–Kier alpha value is 0.0700. The summed E-state index contributed by atoms with van der Waals surface area (Å²) in [7, 11) is 1.67. The lowest BCUT2D eigenvalue weighted by Gasteiger charge is -2.28. The summed E-state index contributed by atoms with van der Waals surface area (Å²) in [6, 6.07) is 0.255. The van der Waals surface area contributed by atoms with Crippen LogP contribution in [0, 0.1) is 0 Å². The van der Waals surface area contributed by atoms with Gasteiger partial charge in [0.05, 0.1) is 0 Å². The van der Waals surface area contributed by atoms with Gasteiger partial charge < -0.3 is 4.55 Å². The van der Waals surface area contributed by atoms with Gasteiger partial charge in [0.15, 0.2) is 0 Å². The predicted molar refractivity (Wildman–Crippen MR) is 48.2 cm³/mol. The summed E-state index contributed by atoms with van der Waals surface area (Å²) >= 11 is -2.03. The SMILES string of the molecule is CN(C1CCCCCC1)S(=O)[O-]. The summed E-state index contributed by atoms with van der Waals surface area (Å²) in [4.78, 5) is 0. The zero-order valence-corrected chi connectivity index (χ0v) is 8.31. The van der Waals surface area contributed by atoms with E-state index in [4.69, 9.17) is 0 Å². The predicted octanol–water partition coefficient (Wildman–Crippen LogP) is 1.44. The Balaban J connectivity index is 2.42. The van der Waals surface area contributed by atoms with Crippen LogP contribution in [0.2, 0.25) is 0 Å². The molecule has 72 valence electrons. The van der Waals surface area contributed by atoms with Gasteiger partial charge in [-0.25, -0.2) is 4.31 Å². The third kappa shape index (κ3) is 2.84. The lowest BCUT2D eigenvalue weighted by Crippen LogP contribution is -2.32. The molecular formula is C8H16NO2S-. The first kappa shape index (κ1) is 10.2. The van der Waals surface area contributed by atoms with Crippen molar-refractivity contribution in [1.29, 1.82) is 0 Å². The number of nitrogens with zero attached hydrogens (tertiary/aromatic N) is 1. The minimum Gasteiger partial charge on any atom is -0.760 e. The van der Waals surface area contributed by atoms with Crippen LogP contribution in [-0.4, -0.2) is 26.2 Å². The number of hydrogen-bond donors (Lipinski definition) is 0. The Morgan fingerprint density at radius 2 is 1.75 bits per heavy atom. The first-order valence-electron chi connectivity index (χ1n) is 4.54. The first-order valence-corrected chi connectivity index (χ1v) is 5.57. The minimum atomic E-state index is -2.03. The molecule has 1 fully saturated rings. The maximum atomic E-state index is 10.6. The van der Waals surface area contributed by atoms with Gasteiger partial charge in [-0.2, -0.15) is 0 Å². The average Bonchev–Trinajstić information content (AvgIpc) is 2.30. The Morgan fingerprint density at radius 1 is 1.25 bits per heavy atom. The standard InChI is InChI=1S/C8H17NO2S/c1-9(12(10)11)8-6-4-2-3-5-7-8/h8H,2-7H2,1H3,(H,10,11)/p-1. The lowest BCUT2D eigenvalue weighted by atomic mass is 10.1. The maximum Gasteiger partial charge on any atom is 0.0212 e. The quantitative estimate of drug-likeness (QED) is 0.488. The van der Waals surface area contributed by atoms with Crippen molar-refractivity contribution in [2.24, 2.45) is 0 Å². The zero-order valence-electron chi connectivity index (χ0n) is 7.49. The molecule has 0 radical (unpaired) electrons. The molecule has 0 aromatic carbocycles. The van der Waals surface area contributed by atoms with Crippen LogP contribution in [0.4, 0.5) is 0 Å². The molecule has 3 nitrogen and oxygen atoms in total. The summed E-state index contributed by atoms with van der Waals surface area (Å²) in [6.07, 6.45) is 6.93. The number of rotatable bonds is 2. The Bertz CT molecular complexity index is 155. The van der Waals surface area contributed by atoms with E-state index in [1.807, 2.05) is 0 Å². The molecule has 0 bridgehead atoms. The molecule has 1 atom stereocenters. The van der Waals surface area contributed by atoms with Crippen LogP contribution in [0.15, 0.2) is 0 Å². The lowest BCUT2D eigenvalue weighted by molar-refractivity contribution is 0.324. The van der Waals surface area contributed by atoms with Crippen LogP contribution < -0.4 is 0 Å². The molecule has 0 heterocycles. The van der Waals surface area contributed by atoms with Gasteiger partial charge in [-0.15, -0.1) is 0 Å². The third-order valence-corrected chi connectivity index (χ3v) is 3.34. The van der Waals surface area contributed by atoms with E-state index in [0.29, 0.717) is 0 Å². The fourth-order valence-electron chi connectivity index (χ4n) is 1.74. The van der Waals surface area contributed by atoms with Crippen molar-refractivity contribution in [3.05, 3.63) is 0 Å². The molecule has 0 spiro atoms. The molecule has 12 heavy (non-hydrogen) atoms. The van der Waals surface area contributed by atoms with E-state index in [-0.39, 0.29) is 6.04 Å². The Kier molecular flexibility index (Phi) is 4.18. The van der Waals surface area contributed by atoms with E-state index < -0.39 is 11.3 Å². The smallest absolute Gasteiger partial charge is 0.0212 e. The molecule has 1 aliphatic rings. The van der Waals surface area contributed by atoms with Gasteiger partial charge >= 0.3 is 0 Å². The molecular weight excluding hydrogens is 174 g/mol. The summed E-state index contributed by atoms with van der Waals surface area (Å²) in [5.74, 6) is 0. The third-order valence-electron chi connectivity index (χ3n) is 2.57. The van der Waals surface area contributed by atoms with E-state index in [2.05, 4.69) is 0 Å². The van der Waals surface area contributed by atoms with Crippen LogP contribution in [0.3, 0.4) is 0 Å². The average molecular weight is 190 g/mol. The van der Waals surface area contributed by atoms with Gasteiger partial charge in [-0.3, -0.25) is 4.21 Å². The summed E-state index contributed by atoms with van der Waals surface area (Å²) < 4.78 is 22.7. The molecule has 0 N–H and O–H groups in total. The van der Waals surface area contributed by atoms with Crippen molar-refractivity contribution in [1.82, 2.24) is 4.31 Å². The molecule has 4 heteroatoms. The maximum absolute atomic E-state index is 10.6. The minimum absolute atomic E-state index is 0.255. The molecule has 0 aromatic heterocycles. The molecule has 1 rings (SSSR count). The fraction of sp³-hybridized carbons (Fsp3) is 1.00. The van der Waals surface area contributed by atoms with Crippen LogP contribution in [-0.2, 0) is 11.3 Å². The number of hydrogen-bond acceptors (Lipinski definition) is 2. The summed E-state index contributed by atoms with van der Waals surface area (Å²) in [5.41, 5.74) is 0. The van der Waals surface area contributed by atoms with E-state index in [9.17, 15) is 8.76 Å². The highest BCUT2D eigenvalue weighted by Crippen LogP contribution is 2.21. The summed E-state index contributed by atoms with van der Waals surface area (Å²) in [5, 5.41) is 0. The monoisotopic (exact) mass is 190 g/mol. The van der Waals surface area contributed by atoms with Crippen molar-refractivity contribution in [2.75, 3.05) is 7.05 Å². The van der Waals surface area contributed by atoms with E-state index in [1.54, 1.807) is 7.05 Å². The van der Waals surface area contributed by atoms with Crippen LogP contribution in [0.1, 0.15) is 38.5 Å². The van der Waals surface area contributed by atoms with E-state index in [0.717, 1.165) is 12.8 Å². The van der Waals surface area contributed by atoms with Crippen LogP contribution in [0.5, 0.6) is 0 Å². The Labute approximate surface area is 76.6 Å². The van der Waals surface area contributed by atoms with Crippen LogP contribution >= 0.6 is 0 Å². The van der Waals surface area contributed by atoms with Crippen molar-refractivity contribution >= 4 is 11.3 Å². The van der Waals surface area contributed by atoms with Gasteiger partial charge in [0.2, 0.25) is 0 Å². The highest BCUT2D eigenvalue weighted by atomic mass is 32.2. The molecule has 1 unspecified atom stereocenters. The second kappa shape index (κ2) is 4.94. The van der Waals surface area contributed by atoms with Crippen molar-refractivity contribution in [2.45, 2.75) is 44.6 Å². The van der Waals surface area contributed by atoms with Gasteiger partial charge in [-0.1, -0.05) is 25.7 Å². The molecule has 0 aromatic rings. The van der Waals surface area contributed by atoms with Crippen molar-refractivity contribution in [3.63, 3.8) is 0 Å². The fourth-order valence-corrected chi connectivity index (χ4v) is 2.20. The molecule has 1 saturated carbocycles. The van der Waals surface area contributed by atoms with Crippen molar-refractivity contribution < 1.29 is 8.76 Å². The topological polar surface area (TPSA) is 43.4 Å². The molecule has 0 amide bonds. The molecule has 0 aliphatic heterocycles. The van der Waals surface area contributed by atoms with Crippen molar-refractivity contribution in [3.8, 4) is 0 Å². The highest BCUT2D eigenvalue weighted by Gasteiger charge is 2.16. The summed E-state index contributed by atoms with van der Waals surface area (Å²) in [6.45, 7) is 0. The zero-order chi connectivity index (χ0) is 8.97. The largest absolute Gasteiger partial charge is 0.760 e. The van der Waals surface area contributed by atoms with E-state index >= 15 is 0 Å². The van der Waals surface area contributed by atoms with Gasteiger partial charge in [-0.05, 0) is 19.9 Å². The molecule has 0 saturated heterocycles. The highest BCUT2D eigenvalue weighted by molar-refractivity contribution is 7.76. The molecule has 1 aliphatic carbocycles.